The Morgan fingerprint density at radius 1 is 1.26 bits per heavy atom. The zero-order valence-electron chi connectivity index (χ0n) is 13.3. The van der Waals surface area contributed by atoms with E-state index in [0.29, 0.717) is 0 Å². The average Bonchev–Trinajstić information content (AvgIpc) is 2.26. The second-order valence-corrected chi connectivity index (χ2v) is 6.62. The van der Waals surface area contributed by atoms with Crippen molar-refractivity contribution in [2.24, 2.45) is 5.73 Å². The first-order chi connectivity index (χ1) is 8.75. The van der Waals surface area contributed by atoms with Gasteiger partial charge in [-0.1, -0.05) is 38.5 Å². The summed E-state index contributed by atoms with van der Waals surface area (Å²) in [7, 11) is 1.77. The van der Waals surface area contributed by atoms with Gasteiger partial charge in [0.25, 0.3) is 0 Å². The highest BCUT2D eigenvalue weighted by atomic mass is 16.5. The maximum Gasteiger partial charge on any atom is 0.125 e. The highest BCUT2D eigenvalue weighted by Crippen LogP contribution is 2.35. The average molecular weight is 263 g/mol. The van der Waals surface area contributed by atoms with E-state index in [9.17, 15) is 0 Å². The van der Waals surface area contributed by atoms with E-state index in [-0.39, 0.29) is 11.5 Å². The summed E-state index contributed by atoms with van der Waals surface area (Å²) >= 11 is 0. The van der Waals surface area contributed by atoms with Gasteiger partial charge in [0.15, 0.2) is 0 Å². The summed E-state index contributed by atoms with van der Waals surface area (Å²) in [4.78, 5) is 0. The molecule has 0 spiro atoms. The summed E-state index contributed by atoms with van der Waals surface area (Å²) in [6.45, 7) is 10.9. The lowest BCUT2D eigenvalue weighted by Crippen LogP contribution is -2.16. The van der Waals surface area contributed by atoms with Crippen molar-refractivity contribution in [3.63, 3.8) is 0 Å². The molecule has 19 heavy (non-hydrogen) atoms. The molecule has 0 aliphatic rings. The van der Waals surface area contributed by atoms with Crippen LogP contribution in [0.3, 0.4) is 0 Å². The van der Waals surface area contributed by atoms with Gasteiger partial charge in [-0.15, -0.1) is 0 Å². The second-order valence-electron chi connectivity index (χ2n) is 6.62. The number of benzene rings is 1. The molecular formula is C17H29NO. The third-order valence-electron chi connectivity index (χ3n) is 3.43. The molecule has 1 aromatic rings. The number of hydrogen-bond acceptors (Lipinski definition) is 2. The molecule has 0 aliphatic carbocycles. The van der Waals surface area contributed by atoms with E-state index in [2.05, 4.69) is 46.8 Å². The molecule has 2 N–H and O–H groups in total. The minimum Gasteiger partial charge on any atom is -0.496 e. The first kappa shape index (κ1) is 16.0. The molecule has 0 fully saturated rings. The van der Waals surface area contributed by atoms with Crippen molar-refractivity contribution in [1.82, 2.24) is 0 Å². The van der Waals surface area contributed by atoms with Gasteiger partial charge in [0.1, 0.15) is 5.75 Å². The summed E-state index contributed by atoms with van der Waals surface area (Å²) in [5, 5.41) is 0. The maximum atomic E-state index is 5.82. The standard InChI is InChI=1S/C17H29NO/c1-12-10-14(9-7-8-13(2)18)16(19-6)15(11-12)17(3,4)5/h10-11,13H,7-9,18H2,1-6H3. The fourth-order valence-corrected chi connectivity index (χ4v) is 2.45. The SMILES string of the molecule is COc1c(CCCC(C)N)cc(C)cc1C(C)(C)C. The van der Waals surface area contributed by atoms with Crippen molar-refractivity contribution in [1.29, 1.82) is 0 Å². The van der Waals surface area contributed by atoms with E-state index in [0.717, 1.165) is 25.0 Å². The summed E-state index contributed by atoms with van der Waals surface area (Å²) in [5.74, 6) is 1.06. The monoisotopic (exact) mass is 263 g/mol. The molecule has 1 rings (SSSR count). The summed E-state index contributed by atoms with van der Waals surface area (Å²) < 4.78 is 5.68. The minimum absolute atomic E-state index is 0.104. The quantitative estimate of drug-likeness (QED) is 0.872. The number of aryl methyl sites for hydroxylation is 2. The van der Waals surface area contributed by atoms with Crippen LogP contribution in [0.2, 0.25) is 0 Å². The largest absolute Gasteiger partial charge is 0.496 e. The highest BCUT2D eigenvalue weighted by Gasteiger charge is 2.21. The summed E-state index contributed by atoms with van der Waals surface area (Å²) in [6.07, 6.45) is 3.21. The Morgan fingerprint density at radius 3 is 2.37 bits per heavy atom. The van der Waals surface area contributed by atoms with E-state index < -0.39 is 0 Å². The molecule has 2 heteroatoms. The predicted octanol–water partition coefficient (Wildman–Crippen LogP) is 3.97. The van der Waals surface area contributed by atoms with Gasteiger partial charge < -0.3 is 10.5 Å². The zero-order valence-corrected chi connectivity index (χ0v) is 13.3. The van der Waals surface area contributed by atoms with Crippen LogP contribution in [-0.4, -0.2) is 13.2 Å². The van der Waals surface area contributed by atoms with Gasteiger partial charge in [-0.25, -0.2) is 0 Å². The van der Waals surface area contributed by atoms with Crippen LogP contribution in [0.5, 0.6) is 5.75 Å². The number of hydrogen-bond donors (Lipinski definition) is 1. The van der Waals surface area contributed by atoms with Crippen LogP contribution in [0.25, 0.3) is 0 Å². The summed E-state index contributed by atoms with van der Waals surface area (Å²) in [6, 6.07) is 4.77. The van der Waals surface area contributed by atoms with Gasteiger partial charge >= 0.3 is 0 Å². The molecular weight excluding hydrogens is 234 g/mol. The van der Waals surface area contributed by atoms with E-state index in [1.54, 1.807) is 7.11 Å². The number of rotatable bonds is 5. The van der Waals surface area contributed by atoms with Gasteiger partial charge in [0.05, 0.1) is 7.11 Å². The van der Waals surface area contributed by atoms with Crippen molar-refractivity contribution in [2.45, 2.75) is 65.3 Å². The molecule has 1 aromatic carbocycles. The molecule has 0 saturated carbocycles. The van der Waals surface area contributed by atoms with E-state index >= 15 is 0 Å². The Balaban J connectivity index is 3.06. The molecule has 0 radical (unpaired) electrons. The molecule has 0 bridgehead atoms. The molecule has 0 aliphatic heterocycles. The predicted molar refractivity (Wildman–Crippen MR) is 83.0 cm³/mol. The van der Waals surface area contributed by atoms with Gasteiger partial charge in [-0.05, 0) is 44.1 Å². The lowest BCUT2D eigenvalue weighted by atomic mass is 9.83. The number of nitrogens with two attached hydrogens (primary N) is 1. The molecule has 0 amide bonds. The molecule has 1 atom stereocenters. The van der Waals surface area contributed by atoms with Crippen molar-refractivity contribution >= 4 is 0 Å². The molecule has 0 aromatic heterocycles. The van der Waals surface area contributed by atoms with Crippen molar-refractivity contribution in [3.8, 4) is 5.75 Å². The Labute approximate surface area is 118 Å². The smallest absolute Gasteiger partial charge is 0.125 e. The van der Waals surface area contributed by atoms with Crippen LogP contribution >= 0.6 is 0 Å². The lowest BCUT2D eigenvalue weighted by molar-refractivity contribution is 0.391. The molecule has 1 unspecified atom stereocenters. The number of methoxy groups -OCH3 is 1. The second kappa shape index (κ2) is 6.42. The van der Waals surface area contributed by atoms with E-state index in [1.165, 1.54) is 16.7 Å². The molecule has 0 heterocycles. The topological polar surface area (TPSA) is 35.2 Å². The Bertz CT molecular complexity index is 416. The van der Waals surface area contributed by atoms with Crippen LogP contribution in [0.15, 0.2) is 12.1 Å². The number of ether oxygens (including phenoxy) is 1. The third kappa shape index (κ3) is 4.54. The lowest BCUT2D eigenvalue weighted by Gasteiger charge is -2.25. The normalized spacial score (nSPS) is 13.4. The van der Waals surface area contributed by atoms with Crippen LogP contribution in [0, 0.1) is 6.92 Å². The van der Waals surface area contributed by atoms with Gasteiger partial charge in [0, 0.05) is 11.6 Å². The van der Waals surface area contributed by atoms with Crippen molar-refractivity contribution in [2.75, 3.05) is 7.11 Å². The fourth-order valence-electron chi connectivity index (χ4n) is 2.45. The molecule has 108 valence electrons. The Kier molecular flexibility index (Phi) is 5.42. The first-order valence-corrected chi connectivity index (χ1v) is 7.19. The van der Waals surface area contributed by atoms with Gasteiger partial charge in [-0.3, -0.25) is 0 Å². The maximum absolute atomic E-state index is 5.82. The minimum atomic E-state index is 0.104. The molecule has 0 saturated heterocycles. The highest BCUT2D eigenvalue weighted by molar-refractivity contribution is 5.47. The fraction of sp³-hybridized carbons (Fsp3) is 0.647. The van der Waals surface area contributed by atoms with Crippen molar-refractivity contribution in [3.05, 3.63) is 28.8 Å². The first-order valence-electron chi connectivity index (χ1n) is 7.19. The van der Waals surface area contributed by atoms with Gasteiger partial charge in [0.2, 0.25) is 0 Å². The third-order valence-corrected chi connectivity index (χ3v) is 3.43. The van der Waals surface area contributed by atoms with Crippen molar-refractivity contribution < 1.29 is 4.74 Å². The zero-order chi connectivity index (χ0) is 14.6. The Hall–Kier alpha value is -1.02. The van der Waals surface area contributed by atoms with Crippen LogP contribution < -0.4 is 10.5 Å². The van der Waals surface area contributed by atoms with Crippen LogP contribution in [-0.2, 0) is 11.8 Å². The van der Waals surface area contributed by atoms with Crippen LogP contribution in [0.1, 0.15) is 57.2 Å². The van der Waals surface area contributed by atoms with E-state index in [1.807, 2.05) is 0 Å². The van der Waals surface area contributed by atoms with Crippen LogP contribution in [0.4, 0.5) is 0 Å². The van der Waals surface area contributed by atoms with E-state index in [4.69, 9.17) is 10.5 Å². The van der Waals surface area contributed by atoms with Gasteiger partial charge in [-0.2, -0.15) is 0 Å². The Morgan fingerprint density at radius 2 is 1.89 bits per heavy atom. The summed E-state index contributed by atoms with van der Waals surface area (Å²) in [5.41, 5.74) is 9.85. The molecule has 2 nitrogen and oxygen atoms in total.